The first kappa shape index (κ1) is 5.17. The van der Waals surface area contributed by atoms with Gasteiger partial charge in [0.1, 0.15) is 0 Å². The van der Waals surface area contributed by atoms with Crippen molar-refractivity contribution in [3.63, 3.8) is 0 Å². The molecule has 42 valence electrons. The van der Waals surface area contributed by atoms with Crippen LogP contribution in [0.2, 0.25) is 0 Å². The van der Waals surface area contributed by atoms with Crippen molar-refractivity contribution in [2.75, 3.05) is 13.6 Å². The molecule has 1 aliphatic rings. The van der Waals surface area contributed by atoms with Crippen LogP contribution in [0.5, 0.6) is 0 Å². The van der Waals surface area contributed by atoms with E-state index in [2.05, 4.69) is 11.8 Å². The van der Waals surface area contributed by atoms with Gasteiger partial charge in [0, 0.05) is 20.0 Å². The first-order chi connectivity index (χ1) is 3.80. The average molecular weight is 109 g/mol. The minimum absolute atomic E-state index is 0.0590. The maximum absolute atomic E-state index is 10.5. The molecule has 0 unspecified atom stereocenters. The number of hydrogen-bond acceptors (Lipinski definition) is 1. The standard InChI is InChI=1S/C6H7NO/c1-7-5-3-2-4-6(7)8/h3,5H2,1H3. The van der Waals surface area contributed by atoms with Crippen molar-refractivity contribution in [3.05, 3.63) is 0 Å². The van der Waals surface area contributed by atoms with Gasteiger partial charge in [-0.3, -0.25) is 4.79 Å². The second-order valence-electron chi connectivity index (χ2n) is 1.78. The molecule has 1 amide bonds. The van der Waals surface area contributed by atoms with E-state index in [0.717, 1.165) is 13.0 Å². The molecule has 0 bridgehead atoms. The van der Waals surface area contributed by atoms with Crippen LogP contribution in [0, 0.1) is 11.8 Å². The Morgan fingerprint density at radius 3 is 2.88 bits per heavy atom. The fourth-order valence-electron chi connectivity index (χ4n) is 0.559. The summed E-state index contributed by atoms with van der Waals surface area (Å²) < 4.78 is 0. The van der Waals surface area contributed by atoms with Gasteiger partial charge in [-0.05, 0) is 5.92 Å². The molecule has 0 saturated heterocycles. The Bertz CT molecular complexity index is 163. The number of hydrogen-bond donors (Lipinski definition) is 0. The zero-order valence-electron chi connectivity index (χ0n) is 4.77. The van der Waals surface area contributed by atoms with E-state index in [4.69, 9.17) is 0 Å². The van der Waals surface area contributed by atoms with Crippen LogP contribution in [0.15, 0.2) is 0 Å². The zero-order valence-corrected chi connectivity index (χ0v) is 4.77. The monoisotopic (exact) mass is 109 g/mol. The summed E-state index contributed by atoms with van der Waals surface area (Å²) in [5, 5.41) is 0. The molecule has 0 saturated carbocycles. The van der Waals surface area contributed by atoms with Crippen LogP contribution in [0.4, 0.5) is 0 Å². The maximum Gasteiger partial charge on any atom is 0.298 e. The number of carbonyl (C=O) groups excluding carboxylic acids is 1. The summed E-state index contributed by atoms with van der Waals surface area (Å²) in [6.07, 6.45) is 0.822. The van der Waals surface area contributed by atoms with Crippen LogP contribution >= 0.6 is 0 Å². The van der Waals surface area contributed by atoms with Gasteiger partial charge in [0.2, 0.25) is 0 Å². The van der Waals surface area contributed by atoms with E-state index in [0.29, 0.717) is 0 Å². The van der Waals surface area contributed by atoms with Crippen LogP contribution in [-0.2, 0) is 4.79 Å². The van der Waals surface area contributed by atoms with Gasteiger partial charge >= 0.3 is 0 Å². The Morgan fingerprint density at radius 1 is 1.75 bits per heavy atom. The Balaban J connectivity index is 2.69. The highest BCUT2D eigenvalue weighted by Gasteiger charge is 2.05. The van der Waals surface area contributed by atoms with E-state index < -0.39 is 0 Å². The van der Waals surface area contributed by atoms with Crippen molar-refractivity contribution < 1.29 is 4.79 Å². The van der Waals surface area contributed by atoms with Crippen LogP contribution in [0.3, 0.4) is 0 Å². The van der Waals surface area contributed by atoms with E-state index >= 15 is 0 Å². The molecule has 2 nitrogen and oxygen atoms in total. The first-order valence-electron chi connectivity index (χ1n) is 2.54. The number of nitrogens with zero attached hydrogens (tertiary/aromatic N) is 1. The lowest BCUT2D eigenvalue weighted by atomic mass is 10.3. The normalized spacial score (nSPS) is 17.6. The Morgan fingerprint density at radius 2 is 2.50 bits per heavy atom. The molecular formula is C6H7NO. The van der Waals surface area contributed by atoms with Gasteiger partial charge in [0.25, 0.3) is 5.91 Å². The summed E-state index contributed by atoms with van der Waals surface area (Å²) in [6.45, 7) is 0.784. The third-order valence-corrected chi connectivity index (χ3v) is 1.11. The van der Waals surface area contributed by atoms with E-state index in [9.17, 15) is 4.79 Å². The van der Waals surface area contributed by atoms with Gasteiger partial charge < -0.3 is 4.90 Å². The predicted octanol–water partition coefficient (Wildman–Crippen LogP) is -0.148. The molecule has 0 radical (unpaired) electrons. The summed E-state index contributed by atoms with van der Waals surface area (Å²) in [5.74, 6) is 5.13. The largest absolute Gasteiger partial charge is 0.334 e. The minimum atomic E-state index is -0.0590. The molecule has 0 atom stereocenters. The first-order valence-corrected chi connectivity index (χ1v) is 2.54. The molecular weight excluding hydrogens is 102 g/mol. The second kappa shape index (κ2) is 1.87. The molecule has 0 aromatic heterocycles. The van der Waals surface area contributed by atoms with Gasteiger partial charge in [-0.1, -0.05) is 5.92 Å². The number of amides is 1. The van der Waals surface area contributed by atoms with Crippen molar-refractivity contribution in [1.29, 1.82) is 0 Å². The van der Waals surface area contributed by atoms with Gasteiger partial charge in [0.05, 0.1) is 0 Å². The van der Waals surface area contributed by atoms with Gasteiger partial charge in [-0.2, -0.15) is 0 Å². The molecule has 0 N–H and O–H groups in total. The Hall–Kier alpha value is -0.970. The highest BCUT2D eigenvalue weighted by atomic mass is 16.2. The number of rotatable bonds is 0. The molecule has 0 fully saturated rings. The van der Waals surface area contributed by atoms with Gasteiger partial charge in [-0.15, -0.1) is 0 Å². The summed E-state index contributed by atoms with van der Waals surface area (Å²) >= 11 is 0. The molecule has 0 aromatic carbocycles. The van der Waals surface area contributed by atoms with Crippen molar-refractivity contribution in [1.82, 2.24) is 4.90 Å². The van der Waals surface area contributed by atoms with E-state index in [1.807, 2.05) is 0 Å². The van der Waals surface area contributed by atoms with Gasteiger partial charge in [-0.25, -0.2) is 0 Å². The third-order valence-electron chi connectivity index (χ3n) is 1.11. The molecule has 2 heteroatoms. The Labute approximate surface area is 48.5 Å². The molecule has 0 aromatic rings. The fraction of sp³-hybridized carbons (Fsp3) is 0.500. The van der Waals surface area contributed by atoms with Crippen molar-refractivity contribution >= 4 is 5.91 Å². The van der Waals surface area contributed by atoms with Crippen molar-refractivity contribution in [2.24, 2.45) is 0 Å². The molecule has 1 rings (SSSR count). The lowest BCUT2D eigenvalue weighted by molar-refractivity contribution is -0.124. The fourth-order valence-corrected chi connectivity index (χ4v) is 0.559. The van der Waals surface area contributed by atoms with E-state index in [1.54, 1.807) is 11.9 Å². The zero-order chi connectivity index (χ0) is 5.98. The molecule has 1 aliphatic heterocycles. The summed E-state index contributed by atoms with van der Waals surface area (Å²) in [6, 6.07) is 0. The molecule has 0 spiro atoms. The van der Waals surface area contributed by atoms with Crippen LogP contribution in [-0.4, -0.2) is 24.4 Å². The molecule has 1 heterocycles. The lowest BCUT2D eigenvalue weighted by Crippen LogP contribution is -2.28. The second-order valence-corrected chi connectivity index (χ2v) is 1.78. The van der Waals surface area contributed by atoms with Crippen LogP contribution in [0.25, 0.3) is 0 Å². The van der Waals surface area contributed by atoms with Gasteiger partial charge in [0.15, 0.2) is 0 Å². The Kier molecular flexibility index (Phi) is 1.21. The molecule has 8 heavy (non-hydrogen) atoms. The summed E-state index contributed by atoms with van der Waals surface area (Å²) in [5.41, 5.74) is 0. The summed E-state index contributed by atoms with van der Waals surface area (Å²) in [7, 11) is 1.76. The topological polar surface area (TPSA) is 20.3 Å². The SMILES string of the molecule is CN1CCC#CC1=O. The average Bonchev–Trinajstić information content (AvgIpc) is 1.77. The smallest absolute Gasteiger partial charge is 0.298 e. The highest BCUT2D eigenvalue weighted by Crippen LogP contribution is 1.91. The van der Waals surface area contributed by atoms with E-state index in [1.165, 1.54) is 0 Å². The van der Waals surface area contributed by atoms with Crippen molar-refractivity contribution in [3.8, 4) is 11.8 Å². The number of carbonyl (C=O) groups is 1. The predicted molar refractivity (Wildman–Crippen MR) is 30.0 cm³/mol. The minimum Gasteiger partial charge on any atom is -0.334 e. The van der Waals surface area contributed by atoms with Crippen LogP contribution in [0.1, 0.15) is 6.42 Å². The lowest BCUT2D eigenvalue weighted by Gasteiger charge is -2.13. The third kappa shape index (κ3) is 0.812. The quantitative estimate of drug-likeness (QED) is 0.396. The summed E-state index contributed by atoms with van der Waals surface area (Å²) in [4.78, 5) is 12.2. The van der Waals surface area contributed by atoms with Crippen molar-refractivity contribution in [2.45, 2.75) is 6.42 Å². The van der Waals surface area contributed by atoms with E-state index in [-0.39, 0.29) is 5.91 Å². The maximum atomic E-state index is 10.5. The van der Waals surface area contributed by atoms with Crippen LogP contribution < -0.4 is 0 Å². The highest BCUT2D eigenvalue weighted by molar-refractivity contribution is 5.94. The molecule has 0 aliphatic carbocycles.